The second-order valence-electron chi connectivity index (χ2n) is 5.42. The molecule has 1 aliphatic heterocycles. The maximum Gasteiger partial charge on any atom is 0.391 e. The van der Waals surface area contributed by atoms with Crippen molar-refractivity contribution in [1.29, 1.82) is 0 Å². The van der Waals surface area contributed by atoms with Crippen LogP contribution in [0.2, 0.25) is 0 Å². The van der Waals surface area contributed by atoms with Gasteiger partial charge in [0.15, 0.2) is 0 Å². The van der Waals surface area contributed by atoms with Crippen molar-refractivity contribution >= 4 is 0 Å². The summed E-state index contributed by atoms with van der Waals surface area (Å²) in [5, 5.41) is 3.02. The van der Waals surface area contributed by atoms with Gasteiger partial charge in [0.25, 0.3) is 0 Å². The monoisotopic (exact) mass is 290 g/mol. The van der Waals surface area contributed by atoms with Crippen molar-refractivity contribution < 1.29 is 17.6 Å². The lowest BCUT2D eigenvalue weighted by atomic mass is 9.96. The van der Waals surface area contributed by atoms with Crippen molar-refractivity contribution in [3.63, 3.8) is 0 Å². The van der Waals surface area contributed by atoms with Crippen LogP contribution < -0.4 is 5.32 Å². The number of nitrogens with zero attached hydrogens (tertiary/aromatic N) is 1. The van der Waals surface area contributed by atoms with E-state index in [2.05, 4.69) is 10.2 Å². The standard InChI is InChI=1S/C14H21F3N2O/c1-10-11(7-13(20-10)8-18-2)9-19-5-3-12(4-6-19)14(15,16)17/h7,12,18H,3-6,8-9H2,1-2H3. The van der Waals surface area contributed by atoms with Crippen molar-refractivity contribution in [2.75, 3.05) is 20.1 Å². The molecule has 1 aromatic heterocycles. The predicted octanol–water partition coefficient (Wildman–Crippen LogP) is 3.08. The molecule has 0 aromatic carbocycles. The number of likely N-dealkylation sites (tertiary alicyclic amines) is 1. The molecular formula is C14H21F3N2O. The van der Waals surface area contributed by atoms with Crippen molar-refractivity contribution in [3.05, 3.63) is 23.2 Å². The van der Waals surface area contributed by atoms with E-state index in [1.165, 1.54) is 0 Å². The minimum absolute atomic E-state index is 0.198. The Labute approximate surface area is 117 Å². The van der Waals surface area contributed by atoms with Gasteiger partial charge in [-0.3, -0.25) is 4.90 Å². The molecule has 0 saturated carbocycles. The Morgan fingerprint density at radius 3 is 2.55 bits per heavy atom. The third kappa shape index (κ3) is 3.76. The molecule has 0 atom stereocenters. The molecule has 2 heterocycles. The zero-order valence-electron chi connectivity index (χ0n) is 11.9. The van der Waals surface area contributed by atoms with Crippen LogP contribution in [-0.4, -0.2) is 31.2 Å². The number of rotatable bonds is 4. The van der Waals surface area contributed by atoms with Gasteiger partial charge in [-0.2, -0.15) is 13.2 Å². The SMILES string of the molecule is CNCc1cc(CN2CCC(C(F)(F)F)CC2)c(C)o1. The third-order valence-corrected chi connectivity index (χ3v) is 3.87. The number of halogens is 3. The molecule has 1 aromatic rings. The summed E-state index contributed by atoms with van der Waals surface area (Å²) in [6.07, 6.45) is -3.65. The minimum Gasteiger partial charge on any atom is -0.465 e. The van der Waals surface area contributed by atoms with Crippen LogP contribution >= 0.6 is 0 Å². The molecule has 0 bridgehead atoms. The van der Waals surface area contributed by atoms with Gasteiger partial charge >= 0.3 is 6.18 Å². The molecule has 3 nitrogen and oxygen atoms in total. The first-order valence-electron chi connectivity index (χ1n) is 6.92. The normalized spacial score (nSPS) is 18.6. The van der Waals surface area contributed by atoms with E-state index in [1.54, 1.807) is 0 Å². The molecule has 2 rings (SSSR count). The maximum atomic E-state index is 12.6. The van der Waals surface area contributed by atoms with Crippen LogP contribution in [0.1, 0.15) is 29.9 Å². The van der Waals surface area contributed by atoms with Crippen LogP contribution in [0, 0.1) is 12.8 Å². The van der Waals surface area contributed by atoms with E-state index in [9.17, 15) is 13.2 Å². The van der Waals surface area contributed by atoms with Gasteiger partial charge in [-0.1, -0.05) is 0 Å². The molecule has 0 amide bonds. The summed E-state index contributed by atoms with van der Waals surface area (Å²) in [4.78, 5) is 2.07. The number of aryl methyl sites for hydroxylation is 1. The molecule has 0 spiro atoms. The summed E-state index contributed by atoms with van der Waals surface area (Å²) in [6.45, 7) is 4.23. The average Bonchev–Trinajstić information content (AvgIpc) is 2.70. The summed E-state index contributed by atoms with van der Waals surface area (Å²) in [5.41, 5.74) is 1.07. The van der Waals surface area contributed by atoms with E-state index >= 15 is 0 Å². The Hall–Kier alpha value is -1.01. The number of alkyl halides is 3. The quantitative estimate of drug-likeness (QED) is 0.923. The first-order valence-corrected chi connectivity index (χ1v) is 6.92. The van der Waals surface area contributed by atoms with E-state index in [0.717, 1.165) is 17.1 Å². The largest absolute Gasteiger partial charge is 0.465 e. The topological polar surface area (TPSA) is 28.4 Å². The average molecular weight is 290 g/mol. The molecule has 1 saturated heterocycles. The lowest BCUT2D eigenvalue weighted by molar-refractivity contribution is -0.185. The zero-order chi connectivity index (χ0) is 14.8. The number of nitrogens with one attached hydrogen (secondary N) is 1. The van der Waals surface area contributed by atoms with Crippen LogP contribution in [-0.2, 0) is 13.1 Å². The summed E-state index contributed by atoms with van der Waals surface area (Å²) < 4.78 is 43.4. The smallest absolute Gasteiger partial charge is 0.391 e. The number of hydrogen-bond acceptors (Lipinski definition) is 3. The highest BCUT2D eigenvalue weighted by Gasteiger charge is 2.41. The van der Waals surface area contributed by atoms with Crippen LogP contribution in [0.5, 0.6) is 0 Å². The highest BCUT2D eigenvalue weighted by Crippen LogP contribution is 2.34. The van der Waals surface area contributed by atoms with Gasteiger partial charge in [0, 0.05) is 12.1 Å². The lowest BCUT2D eigenvalue weighted by Gasteiger charge is -2.32. The van der Waals surface area contributed by atoms with Gasteiger partial charge in [-0.15, -0.1) is 0 Å². The second-order valence-corrected chi connectivity index (χ2v) is 5.42. The molecule has 0 aliphatic carbocycles. The molecule has 6 heteroatoms. The fourth-order valence-corrected chi connectivity index (χ4v) is 2.67. The highest BCUT2D eigenvalue weighted by atomic mass is 19.4. The fourth-order valence-electron chi connectivity index (χ4n) is 2.67. The Morgan fingerprint density at radius 2 is 2.00 bits per heavy atom. The first-order chi connectivity index (χ1) is 9.40. The summed E-state index contributed by atoms with van der Waals surface area (Å²) in [5.74, 6) is 0.586. The summed E-state index contributed by atoms with van der Waals surface area (Å²) in [7, 11) is 1.85. The molecule has 1 N–H and O–H groups in total. The summed E-state index contributed by atoms with van der Waals surface area (Å²) >= 11 is 0. The molecule has 114 valence electrons. The van der Waals surface area contributed by atoms with Gasteiger partial charge in [0.2, 0.25) is 0 Å². The number of hydrogen-bond donors (Lipinski definition) is 1. The van der Waals surface area contributed by atoms with Crippen LogP contribution in [0.25, 0.3) is 0 Å². The molecule has 0 radical (unpaired) electrons. The Kier molecular flexibility index (Phi) is 4.75. The molecular weight excluding hydrogens is 269 g/mol. The minimum atomic E-state index is -4.04. The van der Waals surface area contributed by atoms with Gasteiger partial charge in [-0.05, 0) is 46.0 Å². The summed E-state index contributed by atoms with van der Waals surface area (Å²) in [6, 6.07) is 1.99. The highest BCUT2D eigenvalue weighted by molar-refractivity contribution is 5.20. The zero-order valence-corrected chi connectivity index (χ0v) is 11.9. The van der Waals surface area contributed by atoms with E-state index in [-0.39, 0.29) is 12.8 Å². The maximum absolute atomic E-state index is 12.6. The van der Waals surface area contributed by atoms with Gasteiger partial charge in [0.1, 0.15) is 11.5 Å². The van der Waals surface area contributed by atoms with Crippen molar-refractivity contribution in [1.82, 2.24) is 10.2 Å². The molecule has 1 fully saturated rings. The molecule has 1 aliphatic rings. The van der Waals surface area contributed by atoms with E-state index < -0.39 is 12.1 Å². The lowest BCUT2D eigenvalue weighted by Crippen LogP contribution is -2.38. The predicted molar refractivity (Wildman–Crippen MR) is 70.3 cm³/mol. The number of furan rings is 1. The van der Waals surface area contributed by atoms with Crippen LogP contribution in [0.15, 0.2) is 10.5 Å². The van der Waals surface area contributed by atoms with Gasteiger partial charge in [-0.25, -0.2) is 0 Å². The molecule has 0 unspecified atom stereocenters. The van der Waals surface area contributed by atoms with Crippen molar-refractivity contribution in [3.8, 4) is 0 Å². The first kappa shape index (κ1) is 15.4. The Morgan fingerprint density at radius 1 is 1.35 bits per heavy atom. The van der Waals surface area contributed by atoms with Crippen molar-refractivity contribution in [2.45, 2.75) is 39.0 Å². The Balaban J connectivity index is 1.89. The van der Waals surface area contributed by atoms with Crippen molar-refractivity contribution in [2.24, 2.45) is 5.92 Å². The van der Waals surface area contributed by atoms with Gasteiger partial charge in [0.05, 0.1) is 12.5 Å². The second kappa shape index (κ2) is 6.18. The Bertz CT molecular complexity index is 434. The van der Waals surface area contributed by atoms with E-state index in [1.807, 2.05) is 20.0 Å². The van der Waals surface area contributed by atoms with Crippen LogP contribution in [0.3, 0.4) is 0 Å². The third-order valence-electron chi connectivity index (χ3n) is 3.87. The van der Waals surface area contributed by atoms with Gasteiger partial charge < -0.3 is 9.73 Å². The number of piperidine rings is 1. The molecule has 20 heavy (non-hydrogen) atoms. The van der Waals surface area contributed by atoms with Crippen LogP contribution in [0.4, 0.5) is 13.2 Å². The van der Waals surface area contributed by atoms with E-state index in [0.29, 0.717) is 26.2 Å². The fraction of sp³-hybridized carbons (Fsp3) is 0.714. The van der Waals surface area contributed by atoms with E-state index in [4.69, 9.17) is 4.42 Å².